The van der Waals surface area contributed by atoms with Crippen LogP contribution < -0.4 is 40.6 Å². The largest absolute Gasteiger partial charge is 1.00 e. The zero-order valence-corrected chi connectivity index (χ0v) is 35.1. The van der Waals surface area contributed by atoms with Gasteiger partial charge in [-0.25, -0.2) is 0 Å². The standard InChI is InChI=1S/2C19H12ClN5O6.Cr.Li/c2*20-15-8-13(24(28)29)2-4-16(15)23-22-12-1-5-18(26)11(7-12)10-21-17-9-14(25(30)31)3-6-19(17)27;;/h2*1-10,22-23H;;/q;;;+1/b2*11-10-,21-17?;;. The summed E-state index contributed by atoms with van der Waals surface area (Å²) in [6.45, 7) is 0. The first-order valence-corrected chi connectivity index (χ1v) is 17.8. The van der Waals surface area contributed by atoms with Crippen molar-refractivity contribution in [3.63, 3.8) is 0 Å². The quantitative estimate of drug-likeness (QED) is 0.0781. The van der Waals surface area contributed by atoms with Crippen molar-refractivity contribution >= 4 is 80.5 Å². The maximum absolute atomic E-state index is 12.1. The fourth-order valence-electron chi connectivity index (χ4n) is 4.89. The predicted molar refractivity (Wildman–Crippen MR) is 224 cm³/mol. The number of hydrogen-bond donors (Lipinski definition) is 4. The number of allylic oxidation sites excluding steroid dienone is 14. The molecule has 4 aliphatic carbocycles. The Bertz CT molecular complexity index is 2580. The number of rotatable bonds is 12. The van der Waals surface area contributed by atoms with E-state index < -0.39 is 31.3 Å². The Labute approximate surface area is 391 Å². The Morgan fingerprint density at radius 1 is 0.484 bits per heavy atom. The summed E-state index contributed by atoms with van der Waals surface area (Å²) < 4.78 is 0. The van der Waals surface area contributed by atoms with Crippen LogP contribution in [0.2, 0.25) is 10.0 Å². The number of anilines is 2. The van der Waals surface area contributed by atoms with Gasteiger partial charge in [-0.05, 0) is 60.7 Å². The molecule has 0 fully saturated rings. The number of nitrogens with one attached hydrogen (secondary N) is 4. The van der Waals surface area contributed by atoms with Gasteiger partial charge in [0, 0.05) is 89.5 Å². The first-order chi connectivity index (χ1) is 29.5. The average Bonchev–Trinajstić information content (AvgIpc) is 3.23. The molecule has 0 aliphatic heterocycles. The number of nitro benzene ring substituents is 2. The van der Waals surface area contributed by atoms with Crippen molar-refractivity contribution in [2.75, 3.05) is 10.9 Å². The van der Waals surface area contributed by atoms with Crippen molar-refractivity contribution in [2.45, 2.75) is 0 Å². The second-order valence-corrected chi connectivity index (χ2v) is 13.0. The number of carbonyl (C=O) groups excluding carboxylic acids is 4. The van der Waals surface area contributed by atoms with E-state index >= 15 is 0 Å². The van der Waals surface area contributed by atoms with E-state index in [1.54, 1.807) is 0 Å². The molecule has 64 heavy (non-hydrogen) atoms. The van der Waals surface area contributed by atoms with Crippen LogP contribution in [0.4, 0.5) is 22.7 Å². The molecule has 0 amide bonds. The number of aliphatic imine (C=N–C) groups is 2. The molecule has 22 nitrogen and oxygen atoms in total. The minimum Gasteiger partial charge on any atom is -0.301 e. The van der Waals surface area contributed by atoms with Gasteiger partial charge in [-0.2, -0.15) is 0 Å². The topological polar surface area (TPSA) is 314 Å². The zero-order chi connectivity index (χ0) is 45.1. The van der Waals surface area contributed by atoms with Crippen LogP contribution >= 0.6 is 23.2 Å². The van der Waals surface area contributed by atoms with Gasteiger partial charge in [0.2, 0.25) is 11.6 Å². The molecule has 0 saturated carbocycles. The summed E-state index contributed by atoms with van der Waals surface area (Å²) in [4.78, 5) is 96.4. The van der Waals surface area contributed by atoms with Crippen LogP contribution in [0.5, 0.6) is 0 Å². The van der Waals surface area contributed by atoms with Crippen LogP contribution in [0.25, 0.3) is 0 Å². The van der Waals surface area contributed by atoms with Crippen LogP contribution in [0.3, 0.4) is 0 Å². The van der Waals surface area contributed by atoms with Crippen LogP contribution in [-0.2, 0) is 36.5 Å². The third-order valence-corrected chi connectivity index (χ3v) is 8.65. The number of hydrogen-bond acceptors (Lipinski definition) is 18. The minimum absolute atomic E-state index is 0. The first kappa shape index (κ1) is 50.7. The van der Waals surface area contributed by atoms with E-state index in [9.17, 15) is 59.6 Å². The molecule has 318 valence electrons. The maximum atomic E-state index is 12.1. The molecule has 0 bridgehead atoms. The van der Waals surface area contributed by atoms with Gasteiger partial charge >= 0.3 is 18.9 Å². The molecule has 0 aromatic heterocycles. The number of nitro groups is 4. The third-order valence-electron chi connectivity index (χ3n) is 8.02. The van der Waals surface area contributed by atoms with Crippen molar-refractivity contribution in [2.24, 2.45) is 9.98 Å². The van der Waals surface area contributed by atoms with Gasteiger partial charge < -0.3 is 10.9 Å². The summed E-state index contributed by atoms with van der Waals surface area (Å²) in [5.74, 6) is -1.84. The normalized spacial score (nSPS) is 17.5. The SMILES string of the molecule is O=C1C=CC([N+](=O)[O-])=CC1=N/C=C1/C=C(NNc2ccc([N+](=O)[O-])cc2Cl)C=CC1=O.O=C1C=CC([N+](=O)[O-])=CC1=N/C=C1/C=C(NNc2ccc([N+](=O)[O-])cc2Cl)C=CC1=O.[Cr].[Li+]. The third kappa shape index (κ3) is 13.7. The Balaban J connectivity index is 0.000000330. The van der Waals surface area contributed by atoms with Crippen LogP contribution in [0, 0.1) is 40.5 Å². The molecule has 26 heteroatoms. The minimum atomic E-state index is -0.656. The Hall–Kier alpha value is -7.63. The number of ketones is 4. The molecule has 2 aromatic carbocycles. The molecule has 0 unspecified atom stereocenters. The second kappa shape index (κ2) is 23.0. The number of non-ortho nitro benzene ring substituents is 2. The van der Waals surface area contributed by atoms with Crippen molar-refractivity contribution in [1.82, 2.24) is 10.9 Å². The number of nitrogens with zero attached hydrogens (tertiary/aromatic N) is 6. The van der Waals surface area contributed by atoms with Crippen molar-refractivity contribution in [1.29, 1.82) is 0 Å². The fraction of sp³-hybridized carbons (Fsp3) is 0. The van der Waals surface area contributed by atoms with E-state index in [2.05, 4.69) is 31.7 Å². The molecule has 0 atom stereocenters. The molecule has 0 saturated heterocycles. The van der Waals surface area contributed by atoms with Gasteiger partial charge in [0.1, 0.15) is 11.4 Å². The van der Waals surface area contributed by atoms with Crippen LogP contribution in [0.1, 0.15) is 0 Å². The number of carbonyl (C=O) groups is 4. The van der Waals surface area contributed by atoms with E-state index in [1.165, 1.54) is 72.9 Å². The van der Waals surface area contributed by atoms with Gasteiger partial charge in [-0.1, -0.05) is 23.2 Å². The van der Waals surface area contributed by atoms with E-state index in [4.69, 9.17) is 23.2 Å². The van der Waals surface area contributed by atoms with Crippen molar-refractivity contribution in [3.8, 4) is 0 Å². The molecular weight excluding hydrogens is 918 g/mol. The summed E-state index contributed by atoms with van der Waals surface area (Å²) in [5.41, 5.74) is 11.7. The zero-order valence-electron chi connectivity index (χ0n) is 32.3. The van der Waals surface area contributed by atoms with Gasteiger partial charge in [-0.3, -0.25) is 80.5 Å². The monoisotopic (exact) mass is 941 g/mol. The Morgan fingerprint density at radius 2 is 0.844 bits per heavy atom. The van der Waals surface area contributed by atoms with Crippen LogP contribution in [0.15, 0.2) is 166 Å². The maximum Gasteiger partial charge on any atom is 1.00 e. The Morgan fingerprint density at radius 3 is 1.17 bits per heavy atom. The van der Waals surface area contributed by atoms with E-state index in [0.717, 1.165) is 48.9 Å². The van der Waals surface area contributed by atoms with E-state index in [-0.39, 0.29) is 103 Å². The molecule has 0 radical (unpaired) electrons. The second-order valence-electron chi connectivity index (χ2n) is 12.2. The molecular formula is C38H24Cl2CrLiN10O12+. The first-order valence-electron chi connectivity index (χ1n) is 17.0. The van der Waals surface area contributed by atoms with E-state index in [0.29, 0.717) is 22.8 Å². The average molecular weight is 943 g/mol. The van der Waals surface area contributed by atoms with E-state index in [1.807, 2.05) is 0 Å². The fourth-order valence-corrected chi connectivity index (χ4v) is 5.33. The van der Waals surface area contributed by atoms with Crippen molar-refractivity contribution < 1.29 is 75.1 Å². The number of halogens is 2. The summed E-state index contributed by atoms with van der Waals surface area (Å²) in [6, 6.07) is 7.74. The number of hydrazine groups is 2. The number of benzene rings is 2. The summed E-state index contributed by atoms with van der Waals surface area (Å²) in [6.07, 6.45) is 16.8. The molecule has 4 N–H and O–H groups in total. The summed E-state index contributed by atoms with van der Waals surface area (Å²) >= 11 is 12.0. The van der Waals surface area contributed by atoms with Crippen LogP contribution in [-0.4, -0.2) is 54.2 Å². The molecule has 2 aromatic rings. The van der Waals surface area contributed by atoms with Gasteiger partial charge in [-0.15, -0.1) is 0 Å². The smallest absolute Gasteiger partial charge is 0.301 e. The summed E-state index contributed by atoms with van der Waals surface area (Å²) in [5, 5.41) is 43.4. The molecule has 6 rings (SSSR count). The molecule has 0 heterocycles. The van der Waals surface area contributed by atoms with Gasteiger partial charge in [0.05, 0.1) is 52.5 Å². The van der Waals surface area contributed by atoms with Gasteiger partial charge in [0.25, 0.3) is 22.8 Å². The predicted octanol–water partition coefficient (Wildman–Crippen LogP) is 2.63. The van der Waals surface area contributed by atoms with Gasteiger partial charge in [0.15, 0.2) is 11.6 Å². The van der Waals surface area contributed by atoms with Crippen molar-refractivity contribution in [3.05, 3.63) is 206 Å². The molecule has 4 aliphatic rings. The summed E-state index contributed by atoms with van der Waals surface area (Å²) in [7, 11) is 0. The Kier molecular flexibility index (Phi) is 18.2. The molecule has 0 spiro atoms.